The third-order valence-electron chi connectivity index (χ3n) is 6.74. The number of carbonyl (C=O) groups is 4. The molecule has 1 aliphatic rings. The number of rotatable bonds is 10. The summed E-state index contributed by atoms with van der Waals surface area (Å²) in [5, 5.41) is 11.3. The second kappa shape index (κ2) is 11.8. The quantitative estimate of drug-likeness (QED) is 0.116. The predicted octanol–water partition coefficient (Wildman–Crippen LogP) is 3.87. The molecule has 2 aromatic rings. The number of carbonyl (C=O) groups excluding carboxylic acids is 4. The standard InChI is InChI=1S/C27H29NO9/c1-4-36-25(31)27(26(32)37-5-2)16-19(15-21(29)35-3)22(24(30)18-9-7-6-8-10-18)23(27)17-11-13-20(14-12-17)28(33)34/h6-14,19,22-23H,4-5,15-16H2,1-3H3/t19-,22+,23+/m0/s1. The highest BCUT2D eigenvalue weighted by Gasteiger charge is 2.66. The summed E-state index contributed by atoms with van der Waals surface area (Å²) in [6, 6.07) is 13.7. The Morgan fingerprint density at radius 1 is 0.946 bits per heavy atom. The highest BCUT2D eigenvalue weighted by Crippen LogP contribution is 2.59. The van der Waals surface area contributed by atoms with E-state index in [4.69, 9.17) is 14.2 Å². The van der Waals surface area contributed by atoms with Crippen molar-refractivity contribution in [3.63, 3.8) is 0 Å². The molecule has 3 rings (SSSR count). The Hall–Kier alpha value is -4.08. The predicted molar refractivity (Wildman–Crippen MR) is 131 cm³/mol. The molecule has 0 amide bonds. The molecule has 3 atom stereocenters. The monoisotopic (exact) mass is 511 g/mol. The second-order valence-corrected chi connectivity index (χ2v) is 8.74. The Labute approximate surface area is 214 Å². The number of nitrogens with zero attached hydrogens (tertiary/aromatic N) is 1. The van der Waals surface area contributed by atoms with Crippen LogP contribution in [0, 0.1) is 27.4 Å². The van der Waals surface area contributed by atoms with Gasteiger partial charge in [-0.3, -0.25) is 29.3 Å². The maximum absolute atomic E-state index is 14.0. The van der Waals surface area contributed by atoms with Crippen molar-refractivity contribution in [3.05, 3.63) is 75.8 Å². The van der Waals surface area contributed by atoms with Crippen LogP contribution in [0.4, 0.5) is 5.69 Å². The van der Waals surface area contributed by atoms with Crippen LogP contribution in [0.2, 0.25) is 0 Å². The van der Waals surface area contributed by atoms with Crippen molar-refractivity contribution in [3.8, 4) is 0 Å². The van der Waals surface area contributed by atoms with Crippen molar-refractivity contribution in [1.29, 1.82) is 0 Å². The number of hydrogen-bond donors (Lipinski definition) is 0. The highest BCUT2D eigenvalue weighted by molar-refractivity contribution is 6.06. The molecule has 0 bridgehead atoms. The topological polar surface area (TPSA) is 139 Å². The van der Waals surface area contributed by atoms with Crippen molar-refractivity contribution in [2.75, 3.05) is 20.3 Å². The molecule has 0 radical (unpaired) electrons. The number of non-ortho nitro benzene ring substituents is 1. The molecule has 37 heavy (non-hydrogen) atoms. The van der Waals surface area contributed by atoms with E-state index in [-0.39, 0.29) is 37.5 Å². The minimum Gasteiger partial charge on any atom is -0.469 e. The number of nitro groups is 1. The minimum absolute atomic E-state index is 0.0358. The fourth-order valence-corrected chi connectivity index (χ4v) is 5.22. The largest absolute Gasteiger partial charge is 0.469 e. The summed E-state index contributed by atoms with van der Waals surface area (Å²) >= 11 is 0. The normalized spacial score (nSPS) is 20.0. The van der Waals surface area contributed by atoms with Crippen LogP contribution in [0.5, 0.6) is 0 Å². The lowest BCUT2D eigenvalue weighted by molar-refractivity contribution is -0.384. The first kappa shape index (κ1) is 27.5. The number of ether oxygens (including phenoxy) is 3. The van der Waals surface area contributed by atoms with Gasteiger partial charge in [0.05, 0.1) is 25.2 Å². The molecule has 0 aromatic heterocycles. The number of methoxy groups -OCH3 is 1. The summed E-state index contributed by atoms with van der Waals surface area (Å²) in [6.07, 6.45) is -0.436. The Morgan fingerprint density at radius 2 is 1.51 bits per heavy atom. The fourth-order valence-electron chi connectivity index (χ4n) is 5.22. The van der Waals surface area contributed by atoms with E-state index in [0.717, 1.165) is 0 Å². The van der Waals surface area contributed by atoms with Crippen molar-refractivity contribution in [1.82, 2.24) is 0 Å². The molecule has 0 heterocycles. The summed E-state index contributed by atoms with van der Waals surface area (Å²) in [5.74, 6) is -5.68. The molecule has 10 heteroatoms. The first-order valence-corrected chi connectivity index (χ1v) is 12.0. The van der Waals surface area contributed by atoms with E-state index in [1.165, 1.54) is 31.4 Å². The lowest BCUT2D eigenvalue weighted by Crippen LogP contribution is -2.45. The molecule has 0 spiro atoms. The number of esters is 3. The Bertz CT molecular complexity index is 1140. The molecule has 1 fully saturated rings. The van der Waals surface area contributed by atoms with Gasteiger partial charge in [0.1, 0.15) is 0 Å². The van der Waals surface area contributed by atoms with E-state index in [2.05, 4.69) is 0 Å². The molecule has 0 unspecified atom stereocenters. The molecule has 1 aliphatic carbocycles. The zero-order valence-corrected chi connectivity index (χ0v) is 20.9. The number of benzene rings is 2. The summed E-state index contributed by atoms with van der Waals surface area (Å²) in [4.78, 5) is 64.2. The summed E-state index contributed by atoms with van der Waals surface area (Å²) < 4.78 is 15.6. The Kier molecular flexibility index (Phi) is 8.75. The van der Waals surface area contributed by atoms with Crippen LogP contribution >= 0.6 is 0 Å². The third kappa shape index (κ3) is 5.37. The lowest BCUT2D eigenvalue weighted by atomic mass is 9.69. The average Bonchev–Trinajstić information content (AvgIpc) is 3.24. The van der Waals surface area contributed by atoms with Gasteiger partial charge in [0.25, 0.3) is 5.69 Å². The van der Waals surface area contributed by atoms with Crippen molar-refractivity contribution in [2.24, 2.45) is 17.3 Å². The molecule has 10 nitrogen and oxygen atoms in total. The van der Waals surface area contributed by atoms with E-state index in [0.29, 0.717) is 11.1 Å². The lowest BCUT2D eigenvalue weighted by Gasteiger charge is -2.33. The van der Waals surface area contributed by atoms with Gasteiger partial charge in [-0.15, -0.1) is 0 Å². The van der Waals surface area contributed by atoms with Gasteiger partial charge in [0, 0.05) is 36.0 Å². The maximum Gasteiger partial charge on any atom is 0.324 e. The smallest absolute Gasteiger partial charge is 0.324 e. The van der Waals surface area contributed by atoms with Gasteiger partial charge in [-0.05, 0) is 31.7 Å². The Balaban J connectivity index is 2.30. The highest BCUT2D eigenvalue weighted by atomic mass is 16.6. The number of Topliss-reactive ketones (excluding diaryl/α,β-unsaturated/α-hetero) is 1. The van der Waals surface area contributed by atoms with Gasteiger partial charge in [0.15, 0.2) is 11.2 Å². The SMILES string of the molecule is CCOC(=O)C1(C(=O)OCC)C[C@H](CC(=O)OC)[C@@H](C(=O)c2ccccc2)[C@H]1c1ccc([N+](=O)[O-])cc1. The molecule has 0 saturated heterocycles. The summed E-state index contributed by atoms with van der Waals surface area (Å²) in [6.45, 7) is 3.11. The van der Waals surface area contributed by atoms with Crippen molar-refractivity contribution in [2.45, 2.75) is 32.6 Å². The Morgan fingerprint density at radius 3 is 2.00 bits per heavy atom. The van der Waals surface area contributed by atoms with Crippen molar-refractivity contribution < 1.29 is 38.3 Å². The van der Waals surface area contributed by atoms with Crippen LogP contribution in [0.1, 0.15) is 48.5 Å². The van der Waals surface area contributed by atoms with E-state index < -0.39 is 46.0 Å². The molecule has 0 N–H and O–H groups in total. The van der Waals surface area contributed by atoms with Crippen LogP contribution in [0.3, 0.4) is 0 Å². The maximum atomic E-state index is 14.0. The van der Waals surface area contributed by atoms with Gasteiger partial charge in [-0.2, -0.15) is 0 Å². The van der Waals surface area contributed by atoms with E-state index in [1.54, 1.807) is 44.2 Å². The number of hydrogen-bond acceptors (Lipinski definition) is 9. The van der Waals surface area contributed by atoms with Crippen molar-refractivity contribution >= 4 is 29.4 Å². The van der Waals surface area contributed by atoms with Crippen LogP contribution < -0.4 is 0 Å². The molecule has 1 saturated carbocycles. The van der Waals surface area contributed by atoms with Gasteiger partial charge in [-0.1, -0.05) is 42.5 Å². The van der Waals surface area contributed by atoms with E-state index >= 15 is 0 Å². The average molecular weight is 512 g/mol. The van der Waals surface area contributed by atoms with Gasteiger partial charge in [-0.25, -0.2) is 0 Å². The minimum atomic E-state index is -1.96. The van der Waals surface area contributed by atoms with Crippen LogP contribution in [-0.4, -0.2) is 48.9 Å². The zero-order chi connectivity index (χ0) is 27.2. The molecular formula is C27H29NO9. The van der Waals surface area contributed by atoms with Crippen LogP contribution in [0.25, 0.3) is 0 Å². The van der Waals surface area contributed by atoms with Crippen LogP contribution in [-0.2, 0) is 28.6 Å². The molecule has 0 aliphatic heterocycles. The van der Waals surface area contributed by atoms with E-state index in [1.807, 2.05) is 0 Å². The van der Waals surface area contributed by atoms with E-state index in [9.17, 15) is 29.3 Å². The molecule has 2 aromatic carbocycles. The number of nitro benzene ring substituents is 1. The van der Waals surface area contributed by atoms with Gasteiger partial charge >= 0.3 is 17.9 Å². The molecular weight excluding hydrogens is 482 g/mol. The molecule has 196 valence electrons. The van der Waals surface area contributed by atoms with Gasteiger partial charge in [0.2, 0.25) is 0 Å². The fraction of sp³-hybridized carbons (Fsp3) is 0.407. The first-order valence-electron chi connectivity index (χ1n) is 12.0. The van der Waals surface area contributed by atoms with Gasteiger partial charge < -0.3 is 14.2 Å². The second-order valence-electron chi connectivity index (χ2n) is 8.74. The number of ketones is 1. The summed E-state index contributed by atoms with van der Waals surface area (Å²) in [5.41, 5.74) is -1.49. The summed E-state index contributed by atoms with van der Waals surface area (Å²) in [7, 11) is 1.21. The third-order valence-corrected chi connectivity index (χ3v) is 6.74. The zero-order valence-electron chi connectivity index (χ0n) is 20.9. The van der Waals surface area contributed by atoms with Crippen LogP contribution in [0.15, 0.2) is 54.6 Å². The first-order chi connectivity index (χ1) is 17.7.